The van der Waals surface area contributed by atoms with Crippen LogP contribution in [-0.4, -0.2) is 9.52 Å². The van der Waals surface area contributed by atoms with E-state index in [2.05, 4.69) is 31.2 Å². The molecule has 0 spiro atoms. The second-order valence-electron chi connectivity index (χ2n) is 8.44. The largest absolute Gasteiger partial charge is 0.0843 e. The van der Waals surface area contributed by atoms with Gasteiger partial charge in [-0.2, -0.15) is 0 Å². The van der Waals surface area contributed by atoms with Crippen LogP contribution < -0.4 is 0 Å². The predicted octanol–water partition coefficient (Wildman–Crippen LogP) is 6.84. The first kappa shape index (κ1) is 18.5. The highest BCUT2D eigenvalue weighted by Gasteiger charge is 2.31. The Kier molecular flexibility index (Phi) is 7.28. The van der Waals surface area contributed by atoms with Crippen molar-refractivity contribution in [2.24, 2.45) is 17.8 Å². The summed E-state index contributed by atoms with van der Waals surface area (Å²) in [5, 5.41) is 0.867. The van der Waals surface area contributed by atoms with Gasteiger partial charge in [0, 0.05) is 14.5 Å². The molecule has 2 saturated carbocycles. The molecule has 0 aliphatic heterocycles. The summed E-state index contributed by atoms with van der Waals surface area (Å²) in [7, 11) is 0.277. The summed E-state index contributed by atoms with van der Waals surface area (Å²) in [5.74, 6) is 3.99. The average Bonchev–Trinajstić information content (AvgIpc) is 2.63. The van der Waals surface area contributed by atoms with Gasteiger partial charge in [-0.05, 0) is 79.9 Å². The molecule has 0 N–H and O–H groups in total. The molecule has 134 valence electrons. The minimum Gasteiger partial charge on any atom is -0.0843 e. The van der Waals surface area contributed by atoms with Gasteiger partial charge >= 0.3 is 0 Å². The van der Waals surface area contributed by atoms with Crippen molar-refractivity contribution in [3.8, 4) is 0 Å². The van der Waals surface area contributed by atoms with Gasteiger partial charge in [-0.15, -0.1) is 0 Å². The Labute approximate surface area is 156 Å². The fraction of sp³-hybridized carbons (Fsp3) is 0.727. The average molecular weight is 363 g/mol. The van der Waals surface area contributed by atoms with Crippen LogP contribution in [0.1, 0.15) is 76.2 Å². The van der Waals surface area contributed by atoms with E-state index in [1.165, 1.54) is 37.7 Å². The van der Waals surface area contributed by atoms with Gasteiger partial charge < -0.3 is 0 Å². The van der Waals surface area contributed by atoms with Crippen LogP contribution >= 0.6 is 11.6 Å². The molecule has 0 atom stereocenters. The molecular weight excluding hydrogens is 328 g/mol. The molecule has 2 aliphatic carbocycles. The molecule has 24 heavy (non-hydrogen) atoms. The predicted molar refractivity (Wildman–Crippen MR) is 110 cm³/mol. The van der Waals surface area contributed by atoms with Crippen LogP contribution in [0.3, 0.4) is 0 Å². The molecule has 0 saturated heterocycles. The summed E-state index contributed by atoms with van der Waals surface area (Å²) in [4.78, 5) is 0. The minimum absolute atomic E-state index is 0.277. The Morgan fingerprint density at radius 2 is 1.46 bits per heavy atom. The lowest BCUT2D eigenvalue weighted by Crippen LogP contribution is -2.25. The van der Waals surface area contributed by atoms with Crippen LogP contribution in [0.5, 0.6) is 0 Å². The Morgan fingerprint density at radius 1 is 0.875 bits per heavy atom. The van der Waals surface area contributed by atoms with Gasteiger partial charge in [-0.1, -0.05) is 62.0 Å². The van der Waals surface area contributed by atoms with Crippen molar-refractivity contribution in [3.05, 3.63) is 34.9 Å². The third-order valence-electron chi connectivity index (χ3n) is 6.89. The van der Waals surface area contributed by atoms with Crippen molar-refractivity contribution in [2.75, 3.05) is 0 Å². The molecule has 2 heteroatoms. The molecular formula is C22H35ClSi. The fourth-order valence-corrected chi connectivity index (χ4v) is 7.36. The maximum atomic E-state index is 6.03. The summed E-state index contributed by atoms with van der Waals surface area (Å²) in [6, 6.07) is 11.8. The van der Waals surface area contributed by atoms with E-state index >= 15 is 0 Å². The summed E-state index contributed by atoms with van der Waals surface area (Å²) in [6.45, 7) is 2.35. The minimum atomic E-state index is 0.277. The van der Waals surface area contributed by atoms with Gasteiger partial charge in [0.05, 0.1) is 0 Å². The zero-order valence-corrected chi connectivity index (χ0v) is 17.7. The molecule has 0 heterocycles. The third kappa shape index (κ3) is 5.11. The van der Waals surface area contributed by atoms with E-state index in [0.29, 0.717) is 0 Å². The van der Waals surface area contributed by atoms with E-state index in [-0.39, 0.29) is 9.52 Å². The zero-order valence-electron chi connectivity index (χ0n) is 15.5. The first-order valence-electron chi connectivity index (χ1n) is 10.5. The van der Waals surface area contributed by atoms with Gasteiger partial charge in [0.2, 0.25) is 0 Å². The molecule has 0 amide bonds. The van der Waals surface area contributed by atoms with Gasteiger partial charge in [-0.25, -0.2) is 0 Å². The highest BCUT2D eigenvalue weighted by atomic mass is 35.5. The topological polar surface area (TPSA) is 0 Å². The van der Waals surface area contributed by atoms with Crippen molar-refractivity contribution < 1.29 is 0 Å². The van der Waals surface area contributed by atoms with Gasteiger partial charge in [-0.3, -0.25) is 0 Å². The van der Waals surface area contributed by atoms with E-state index in [9.17, 15) is 0 Å². The van der Waals surface area contributed by atoms with Crippen molar-refractivity contribution in [2.45, 2.75) is 82.7 Å². The maximum absolute atomic E-state index is 6.03. The lowest BCUT2D eigenvalue weighted by atomic mass is 9.68. The van der Waals surface area contributed by atoms with Gasteiger partial charge in [0.1, 0.15) is 0 Å². The van der Waals surface area contributed by atoms with E-state index in [0.717, 1.165) is 28.7 Å². The molecule has 3 rings (SSSR count). The molecule has 2 aliphatic rings. The maximum Gasteiger partial charge on any atom is 0.0406 e. The van der Waals surface area contributed by atoms with Gasteiger partial charge in [0.15, 0.2) is 0 Å². The molecule has 1 aromatic rings. The summed E-state index contributed by atoms with van der Waals surface area (Å²) < 4.78 is 0. The second-order valence-corrected chi connectivity index (χ2v) is 10.9. The van der Waals surface area contributed by atoms with Crippen LogP contribution in [0.2, 0.25) is 17.1 Å². The Hall–Kier alpha value is -0.273. The van der Waals surface area contributed by atoms with Crippen molar-refractivity contribution >= 4 is 21.1 Å². The van der Waals surface area contributed by atoms with Crippen LogP contribution in [-0.2, 0) is 0 Å². The third-order valence-corrected chi connectivity index (χ3v) is 9.57. The SMILES string of the molecule is CCC[SiH2]C[C@H]1CC[C@H]([C@H]2CC[C@H](c3ccc(Cl)cc3)CC2)CC1. The number of hydrogen-bond acceptors (Lipinski definition) is 0. The monoisotopic (exact) mass is 362 g/mol. The van der Waals surface area contributed by atoms with Crippen molar-refractivity contribution in [1.29, 1.82) is 0 Å². The Morgan fingerprint density at radius 3 is 2.04 bits per heavy atom. The Bertz CT molecular complexity index is 467. The van der Waals surface area contributed by atoms with Crippen molar-refractivity contribution in [3.63, 3.8) is 0 Å². The first-order chi connectivity index (χ1) is 11.8. The smallest absolute Gasteiger partial charge is 0.0406 e. The number of benzene rings is 1. The van der Waals surface area contributed by atoms with E-state index in [1.807, 2.05) is 0 Å². The molecule has 2 fully saturated rings. The number of hydrogen-bond donors (Lipinski definition) is 0. The van der Waals surface area contributed by atoms with E-state index < -0.39 is 0 Å². The zero-order chi connectivity index (χ0) is 16.8. The van der Waals surface area contributed by atoms with Crippen LogP contribution in [0.25, 0.3) is 0 Å². The normalized spacial score (nSPS) is 31.6. The highest BCUT2D eigenvalue weighted by molar-refractivity contribution is 6.35. The summed E-state index contributed by atoms with van der Waals surface area (Å²) >= 11 is 6.03. The van der Waals surface area contributed by atoms with E-state index in [1.54, 1.807) is 37.8 Å². The second kappa shape index (κ2) is 9.43. The molecule has 0 radical (unpaired) electrons. The van der Waals surface area contributed by atoms with Crippen LogP contribution in [0, 0.1) is 17.8 Å². The van der Waals surface area contributed by atoms with Crippen LogP contribution in [0.15, 0.2) is 24.3 Å². The summed E-state index contributed by atoms with van der Waals surface area (Å²) in [6.07, 6.45) is 13.4. The first-order valence-corrected chi connectivity index (χ1v) is 12.9. The van der Waals surface area contributed by atoms with Gasteiger partial charge in [0.25, 0.3) is 0 Å². The lowest BCUT2D eigenvalue weighted by molar-refractivity contribution is 0.165. The summed E-state index contributed by atoms with van der Waals surface area (Å²) in [5.41, 5.74) is 1.52. The fourth-order valence-electron chi connectivity index (χ4n) is 5.29. The standard InChI is InChI=1S/C22H35ClSi/c1-2-15-24-16-17-3-5-18(6-4-17)19-7-9-20(10-8-19)21-11-13-22(23)14-12-21/h11-14,17-20H,2-10,15-16,24H2,1H3/t17-,18-,19-,20-. The molecule has 1 aromatic carbocycles. The molecule has 0 unspecified atom stereocenters. The molecule has 0 aromatic heterocycles. The number of rotatable bonds is 6. The molecule has 0 nitrogen and oxygen atoms in total. The lowest BCUT2D eigenvalue weighted by Gasteiger charge is -2.38. The Balaban J connectivity index is 1.40. The highest BCUT2D eigenvalue weighted by Crippen LogP contribution is 2.44. The van der Waals surface area contributed by atoms with Crippen molar-refractivity contribution in [1.82, 2.24) is 0 Å². The quantitative estimate of drug-likeness (QED) is 0.384. The van der Waals surface area contributed by atoms with Crippen LogP contribution in [0.4, 0.5) is 0 Å². The molecule has 0 bridgehead atoms. The van der Waals surface area contributed by atoms with E-state index in [4.69, 9.17) is 11.6 Å². The number of halogens is 1.